The predicted octanol–water partition coefficient (Wildman–Crippen LogP) is 5.08. The summed E-state index contributed by atoms with van der Waals surface area (Å²) >= 11 is 1.93. The number of rotatable bonds is 14. The Bertz CT molecular complexity index is 453. The number of unbranched alkanes of at least 4 members (excludes halogenated alkanes) is 6. The van der Waals surface area contributed by atoms with Crippen molar-refractivity contribution in [1.29, 1.82) is 0 Å². The molecular weight excluding hydrogens is 336 g/mol. The molecule has 0 aliphatic heterocycles. The molecule has 142 valence electrons. The zero-order valence-corrected chi connectivity index (χ0v) is 16.5. The highest BCUT2D eigenvalue weighted by Gasteiger charge is 2.03. The van der Waals surface area contributed by atoms with E-state index >= 15 is 0 Å². The first kappa shape index (κ1) is 21.7. The highest BCUT2D eigenvalue weighted by Crippen LogP contribution is 2.21. The van der Waals surface area contributed by atoms with Crippen molar-refractivity contribution in [2.75, 3.05) is 14.2 Å². The van der Waals surface area contributed by atoms with Gasteiger partial charge in [0.15, 0.2) is 0 Å². The monoisotopic (exact) mass is 368 g/mol. The maximum Gasteiger partial charge on any atom is 0.305 e. The summed E-state index contributed by atoms with van der Waals surface area (Å²) in [6, 6.07) is 4.51. The van der Waals surface area contributed by atoms with Crippen molar-refractivity contribution < 1.29 is 19.1 Å². The number of ether oxygens (including phenoxy) is 2. The lowest BCUT2D eigenvalue weighted by molar-refractivity contribution is -0.141. The first-order valence-electron chi connectivity index (χ1n) is 9.37. The van der Waals surface area contributed by atoms with E-state index in [0.717, 1.165) is 38.5 Å². The normalized spacial score (nSPS) is 10.6. The quantitative estimate of drug-likeness (QED) is 0.339. The molecule has 5 heteroatoms. The van der Waals surface area contributed by atoms with E-state index in [9.17, 15) is 9.59 Å². The molecule has 0 fully saturated rings. The molecule has 0 amide bonds. The van der Waals surface area contributed by atoms with E-state index < -0.39 is 0 Å². The van der Waals surface area contributed by atoms with Crippen LogP contribution in [0.25, 0.3) is 0 Å². The number of methoxy groups -OCH3 is 2. The van der Waals surface area contributed by atoms with Gasteiger partial charge in [-0.2, -0.15) is 0 Å². The largest absolute Gasteiger partial charge is 0.469 e. The fraction of sp³-hybridized carbons (Fsp3) is 0.700. The molecule has 0 aromatic carbocycles. The van der Waals surface area contributed by atoms with Crippen LogP contribution in [0.2, 0.25) is 0 Å². The molecule has 0 spiro atoms. The molecule has 25 heavy (non-hydrogen) atoms. The van der Waals surface area contributed by atoms with Crippen molar-refractivity contribution in [2.24, 2.45) is 0 Å². The zero-order chi connectivity index (χ0) is 18.3. The Morgan fingerprint density at radius 2 is 1.12 bits per heavy atom. The molecular formula is C20H32O4S. The average molecular weight is 369 g/mol. The molecule has 1 heterocycles. The van der Waals surface area contributed by atoms with Crippen molar-refractivity contribution in [1.82, 2.24) is 0 Å². The first-order chi connectivity index (χ1) is 12.2. The third-order valence-corrected chi connectivity index (χ3v) is 5.49. The molecule has 1 aromatic rings. The molecule has 0 saturated carbocycles. The van der Waals surface area contributed by atoms with Gasteiger partial charge in [0.05, 0.1) is 14.2 Å². The third kappa shape index (κ3) is 11.0. The minimum absolute atomic E-state index is 0.104. The molecule has 0 unspecified atom stereocenters. The lowest BCUT2D eigenvalue weighted by atomic mass is 10.1. The van der Waals surface area contributed by atoms with Gasteiger partial charge < -0.3 is 9.47 Å². The molecule has 0 N–H and O–H groups in total. The summed E-state index contributed by atoms with van der Waals surface area (Å²) in [6.07, 6.45) is 12.1. The van der Waals surface area contributed by atoms with Crippen molar-refractivity contribution in [3.05, 3.63) is 21.9 Å². The van der Waals surface area contributed by atoms with E-state index in [-0.39, 0.29) is 11.9 Å². The summed E-state index contributed by atoms with van der Waals surface area (Å²) in [6.45, 7) is 0. The van der Waals surface area contributed by atoms with E-state index in [1.807, 2.05) is 11.3 Å². The van der Waals surface area contributed by atoms with Gasteiger partial charge in [-0.1, -0.05) is 25.7 Å². The number of aryl methyl sites for hydroxylation is 2. The van der Waals surface area contributed by atoms with Gasteiger partial charge in [-0.15, -0.1) is 11.3 Å². The fourth-order valence-electron chi connectivity index (χ4n) is 2.74. The SMILES string of the molecule is COC(=O)CCCCCCc1ccc(CCCCCCC(=O)OC)s1. The summed E-state index contributed by atoms with van der Waals surface area (Å²) in [5, 5.41) is 0. The second-order valence-corrected chi connectivity index (χ2v) is 7.60. The number of carbonyl (C=O) groups excluding carboxylic acids is 2. The van der Waals surface area contributed by atoms with E-state index in [2.05, 4.69) is 21.6 Å². The van der Waals surface area contributed by atoms with Crippen molar-refractivity contribution in [3.63, 3.8) is 0 Å². The van der Waals surface area contributed by atoms with Crippen LogP contribution >= 0.6 is 11.3 Å². The molecule has 0 aliphatic rings. The molecule has 4 nitrogen and oxygen atoms in total. The Balaban J connectivity index is 2.02. The van der Waals surface area contributed by atoms with Crippen molar-refractivity contribution in [3.8, 4) is 0 Å². The third-order valence-electron chi connectivity index (χ3n) is 4.28. The highest BCUT2D eigenvalue weighted by atomic mass is 32.1. The van der Waals surface area contributed by atoms with Crippen LogP contribution in [0.4, 0.5) is 0 Å². The van der Waals surface area contributed by atoms with Crippen LogP contribution in [0.15, 0.2) is 12.1 Å². The second kappa shape index (κ2) is 13.9. The van der Waals surface area contributed by atoms with Gasteiger partial charge in [0.25, 0.3) is 0 Å². The second-order valence-electron chi connectivity index (χ2n) is 6.35. The van der Waals surface area contributed by atoms with Crippen LogP contribution in [0.5, 0.6) is 0 Å². The van der Waals surface area contributed by atoms with Gasteiger partial charge in [0.2, 0.25) is 0 Å². The van der Waals surface area contributed by atoms with E-state index in [1.54, 1.807) is 0 Å². The predicted molar refractivity (Wildman–Crippen MR) is 102 cm³/mol. The standard InChI is InChI=1S/C20H32O4S/c1-23-19(21)13-9-5-3-7-11-17-15-16-18(25-17)12-8-4-6-10-14-20(22)24-2/h15-16H,3-14H2,1-2H3. The Hall–Kier alpha value is -1.36. The number of thiophene rings is 1. The smallest absolute Gasteiger partial charge is 0.305 e. The molecule has 0 aliphatic carbocycles. The topological polar surface area (TPSA) is 52.6 Å². The summed E-state index contributed by atoms with van der Waals surface area (Å²) in [4.78, 5) is 25.0. The fourth-order valence-corrected chi connectivity index (χ4v) is 3.84. The maximum absolute atomic E-state index is 11.0. The number of esters is 2. The molecule has 0 saturated heterocycles. The van der Waals surface area contributed by atoms with Gasteiger partial charge in [0, 0.05) is 22.6 Å². The summed E-state index contributed by atoms with van der Waals surface area (Å²) in [5.41, 5.74) is 0. The Morgan fingerprint density at radius 3 is 1.52 bits per heavy atom. The van der Waals surface area contributed by atoms with Gasteiger partial charge in [-0.05, 0) is 50.7 Å². The van der Waals surface area contributed by atoms with Crippen LogP contribution in [0, 0.1) is 0 Å². The van der Waals surface area contributed by atoms with Gasteiger partial charge in [0.1, 0.15) is 0 Å². The zero-order valence-electron chi connectivity index (χ0n) is 15.7. The highest BCUT2D eigenvalue weighted by molar-refractivity contribution is 7.11. The first-order valence-corrected chi connectivity index (χ1v) is 10.2. The van der Waals surface area contributed by atoms with Crippen molar-refractivity contribution in [2.45, 2.75) is 77.0 Å². The summed E-state index contributed by atoms with van der Waals surface area (Å²) in [7, 11) is 2.89. The Labute approximate surface area is 155 Å². The minimum Gasteiger partial charge on any atom is -0.469 e. The van der Waals surface area contributed by atoms with Crippen molar-refractivity contribution >= 4 is 23.3 Å². The number of hydrogen-bond acceptors (Lipinski definition) is 5. The summed E-state index contributed by atoms with van der Waals surface area (Å²) in [5.74, 6) is -0.207. The van der Waals surface area contributed by atoms with Crippen LogP contribution in [-0.2, 0) is 31.9 Å². The van der Waals surface area contributed by atoms with Gasteiger partial charge in [-0.25, -0.2) is 0 Å². The molecule has 0 bridgehead atoms. The Kier molecular flexibility index (Phi) is 12.0. The number of hydrogen-bond donors (Lipinski definition) is 0. The van der Waals surface area contributed by atoms with E-state index in [1.165, 1.54) is 49.7 Å². The lowest BCUT2D eigenvalue weighted by Gasteiger charge is -2.01. The minimum atomic E-state index is -0.104. The molecule has 0 radical (unpaired) electrons. The van der Waals surface area contributed by atoms with E-state index in [4.69, 9.17) is 0 Å². The molecule has 0 atom stereocenters. The van der Waals surface area contributed by atoms with Gasteiger partial charge >= 0.3 is 11.9 Å². The maximum atomic E-state index is 11.0. The van der Waals surface area contributed by atoms with Crippen LogP contribution < -0.4 is 0 Å². The van der Waals surface area contributed by atoms with Gasteiger partial charge in [-0.3, -0.25) is 9.59 Å². The molecule has 1 aromatic heterocycles. The number of carbonyl (C=O) groups is 2. The van der Waals surface area contributed by atoms with Crippen LogP contribution in [0.1, 0.15) is 74.0 Å². The molecule has 1 rings (SSSR count). The van der Waals surface area contributed by atoms with Crippen LogP contribution in [0.3, 0.4) is 0 Å². The Morgan fingerprint density at radius 1 is 0.720 bits per heavy atom. The van der Waals surface area contributed by atoms with Crippen LogP contribution in [-0.4, -0.2) is 26.2 Å². The van der Waals surface area contributed by atoms with E-state index in [0.29, 0.717) is 12.8 Å². The average Bonchev–Trinajstić information content (AvgIpc) is 3.08. The summed E-state index contributed by atoms with van der Waals surface area (Å²) < 4.78 is 9.28. The lowest BCUT2D eigenvalue weighted by Crippen LogP contribution is -1.99.